The number of benzene rings is 1. The van der Waals surface area contributed by atoms with E-state index in [1.54, 1.807) is 0 Å². The Bertz CT molecular complexity index is 407. The molecule has 16 heavy (non-hydrogen) atoms. The summed E-state index contributed by atoms with van der Waals surface area (Å²) in [4.78, 5) is 2.31. The summed E-state index contributed by atoms with van der Waals surface area (Å²) in [5, 5.41) is 0. The Labute approximate surface area is 97.8 Å². The van der Waals surface area contributed by atoms with Crippen LogP contribution in [0.5, 0.6) is 0 Å². The van der Waals surface area contributed by atoms with Gasteiger partial charge >= 0.3 is 0 Å². The monoisotopic (exact) mass is 216 g/mol. The third-order valence-electron chi connectivity index (χ3n) is 3.48. The maximum Gasteiger partial charge on any atom is 0.0970 e. The van der Waals surface area contributed by atoms with Crippen molar-refractivity contribution in [3.63, 3.8) is 0 Å². The third-order valence-corrected chi connectivity index (χ3v) is 3.48. The van der Waals surface area contributed by atoms with Crippen molar-refractivity contribution >= 4 is 11.8 Å². The molecule has 0 saturated carbocycles. The molecule has 1 atom stereocenters. The van der Waals surface area contributed by atoms with Crippen molar-refractivity contribution in [1.29, 1.82) is 0 Å². The van der Waals surface area contributed by atoms with Gasteiger partial charge in [-0.2, -0.15) is 0 Å². The van der Waals surface area contributed by atoms with Crippen LogP contribution in [0.3, 0.4) is 0 Å². The SMILES string of the molecule is CCC(C)(C)N1c2ccccc2C=CC1N. The maximum atomic E-state index is 6.19. The minimum atomic E-state index is -0.0233. The van der Waals surface area contributed by atoms with E-state index in [-0.39, 0.29) is 11.7 Å². The Morgan fingerprint density at radius 2 is 2.00 bits per heavy atom. The molecular formula is C14H20N2. The minimum absolute atomic E-state index is 0.0233. The van der Waals surface area contributed by atoms with Crippen LogP contribution in [0.25, 0.3) is 6.08 Å². The second-order valence-corrected chi connectivity index (χ2v) is 4.94. The van der Waals surface area contributed by atoms with Gasteiger partial charge in [0.05, 0.1) is 6.17 Å². The molecular weight excluding hydrogens is 196 g/mol. The summed E-state index contributed by atoms with van der Waals surface area (Å²) in [5.41, 5.74) is 8.77. The van der Waals surface area contributed by atoms with Crippen LogP contribution in [-0.2, 0) is 0 Å². The van der Waals surface area contributed by atoms with E-state index in [4.69, 9.17) is 5.73 Å². The number of nitrogens with zero attached hydrogens (tertiary/aromatic N) is 1. The maximum absolute atomic E-state index is 6.19. The summed E-state index contributed by atoms with van der Waals surface area (Å²) in [7, 11) is 0. The minimum Gasteiger partial charge on any atom is -0.347 e. The normalized spacial score (nSPS) is 19.8. The van der Waals surface area contributed by atoms with Crippen LogP contribution in [0.4, 0.5) is 5.69 Å². The van der Waals surface area contributed by atoms with Gasteiger partial charge in [0.2, 0.25) is 0 Å². The summed E-state index contributed by atoms with van der Waals surface area (Å²) in [6.45, 7) is 6.68. The third kappa shape index (κ3) is 1.74. The lowest BCUT2D eigenvalue weighted by molar-refractivity contribution is 0.421. The van der Waals surface area contributed by atoms with Crippen molar-refractivity contribution in [1.82, 2.24) is 0 Å². The van der Waals surface area contributed by atoms with E-state index in [1.807, 2.05) is 0 Å². The molecule has 0 aliphatic carbocycles. The number of para-hydroxylation sites is 1. The van der Waals surface area contributed by atoms with Crippen molar-refractivity contribution in [2.45, 2.75) is 38.9 Å². The summed E-state index contributed by atoms with van der Waals surface area (Å²) < 4.78 is 0. The molecule has 1 aromatic carbocycles. The molecule has 0 saturated heterocycles. The molecule has 2 N–H and O–H groups in total. The Morgan fingerprint density at radius 3 is 2.69 bits per heavy atom. The fraction of sp³-hybridized carbons (Fsp3) is 0.429. The zero-order valence-electron chi connectivity index (χ0n) is 10.3. The zero-order valence-corrected chi connectivity index (χ0v) is 10.3. The van der Waals surface area contributed by atoms with Gasteiger partial charge in [-0.05, 0) is 38.0 Å². The van der Waals surface area contributed by atoms with Gasteiger partial charge in [0.1, 0.15) is 0 Å². The van der Waals surface area contributed by atoms with Crippen LogP contribution in [0, 0.1) is 0 Å². The Balaban J connectivity index is 2.49. The van der Waals surface area contributed by atoms with Gasteiger partial charge in [-0.3, -0.25) is 0 Å². The van der Waals surface area contributed by atoms with Crippen LogP contribution >= 0.6 is 0 Å². The van der Waals surface area contributed by atoms with Gasteiger partial charge in [-0.25, -0.2) is 0 Å². The average molecular weight is 216 g/mol. The Morgan fingerprint density at radius 1 is 1.31 bits per heavy atom. The van der Waals surface area contributed by atoms with E-state index < -0.39 is 0 Å². The average Bonchev–Trinajstić information content (AvgIpc) is 2.28. The molecule has 1 aromatic rings. The molecule has 0 amide bonds. The second kappa shape index (κ2) is 3.95. The first kappa shape index (κ1) is 11.2. The highest BCUT2D eigenvalue weighted by Crippen LogP contribution is 2.34. The highest BCUT2D eigenvalue weighted by molar-refractivity contribution is 5.72. The van der Waals surface area contributed by atoms with Gasteiger partial charge in [0.15, 0.2) is 0 Å². The van der Waals surface area contributed by atoms with Crippen LogP contribution in [0.15, 0.2) is 30.3 Å². The van der Waals surface area contributed by atoms with Gasteiger partial charge < -0.3 is 10.6 Å². The topological polar surface area (TPSA) is 29.3 Å². The quantitative estimate of drug-likeness (QED) is 0.823. The molecule has 1 heterocycles. The van der Waals surface area contributed by atoms with E-state index in [0.717, 1.165) is 6.42 Å². The van der Waals surface area contributed by atoms with E-state index >= 15 is 0 Å². The largest absolute Gasteiger partial charge is 0.347 e. The first-order valence-electron chi connectivity index (χ1n) is 5.88. The lowest BCUT2D eigenvalue weighted by Crippen LogP contribution is -2.54. The van der Waals surface area contributed by atoms with E-state index in [1.165, 1.54) is 11.3 Å². The van der Waals surface area contributed by atoms with Crippen LogP contribution in [0.1, 0.15) is 32.8 Å². The van der Waals surface area contributed by atoms with E-state index in [2.05, 4.69) is 62.1 Å². The molecule has 2 nitrogen and oxygen atoms in total. The van der Waals surface area contributed by atoms with Gasteiger partial charge in [-0.1, -0.05) is 31.2 Å². The Kier molecular flexibility index (Phi) is 2.76. The molecule has 2 rings (SSSR count). The van der Waals surface area contributed by atoms with Crippen molar-refractivity contribution in [3.05, 3.63) is 35.9 Å². The molecule has 1 unspecified atom stereocenters. The van der Waals surface area contributed by atoms with Gasteiger partial charge in [0.25, 0.3) is 0 Å². The first-order valence-corrected chi connectivity index (χ1v) is 5.88. The standard InChI is InChI=1S/C14H20N2/c1-4-14(2,3)16-12-8-6-5-7-11(12)9-10-13(16)15/h5-10,13H,4,15H2,1-3H3. The van der Waals surface area contributed by atoms with Crippen molar-refractivity contribution in [2.75, 3.05) is 4.90 Å². The zero-order chi connectivity index (χ0) is 11.8. The number of rotatable bonds is 2. The molecule has 0 spiro atoms. The number of fused-ring (bicyclic) bond motifs is 1. The van der Waals surface area contributed by atoms with Crippen LogP contribution < -0.4 is 10.6 Å². The predicted molar refractivity (Wildman–Crippen MR) is 70.3 cm³/mol. The summed E-state index contributed by atoms with van der Waals surface area (Å²) in [5.74, 6) is 0. The summed E-state index contributed by atoms with van der Waals surface area (Å²) >= 11 is 0. The molecule has 1 aliphatic heterocycles. The molecule has 0 bridgehead atoms. The fourth-order valence-electron chi connectivity index (χ4n) is 2.20. The van der Waals surface area contributed by atoms with Crippen molar-refractivity contribution in [3.8, 4) is 0 Å². The summed E-state index contributed by atoms with van der Waals surface area (Å²) in [6, 6.07) is 8.42. The number of hydrogen-bond donors (Lipinski definition) is 1. The molecule has 0 aromatic heterocycles. The first-order chi connectivity index (χ1) is 7.56. The molecule has 2 heteroatoms. The van der Waals surface area contributed by atoms with E-state index in [9.17, 15) is 0 Å². The smallest absolute Gasteiger partial charge is 0.0970 e. The Hall–Kier alpha value is -1.28. The number of nitrogens with two attached hydrogens (primary N) is 1. The second-order valence-electron chi connectivity index (χ2n) is 4.94. The lowest BCUT2D eigenvalue weighted by atomic mass is 9.94. The van der Waals surface area contributed by atoms with Crippen LogP contribution in [0.2, 0.25) is 0 Å². The molecule has 86 valence electrons. The van der Waals surface area contributed by atoms with Crippen molar-refractivity contribution < 1.29 is 0 Å². The van der Waals surface area contributed by atoms with Gasteiger partial charge in [0, 0.05) is 11.2 Å². The summed E-state index contributed by atoms with van der Waals surface area (Å²) in [6.07, 6.45) is 5.23. The fourth-order valence-corrected chi connectivity index (χ4v) is 2.20. The van der Waals surface area contributed by atoms with Crippen molar-refractivity contribution in [2.24, 2.45) is 5.73 Å². The molecule has 0 radical (unpaired) electrons. The van der Waals surface area contributed by atoms with Crippen LogP contribution in [-0.4, -0.2) is 11.7 Å². The van der Waals surface area contributed by atoms with Gasteiger partial charge in [-0.15, -0.1) is 0 Å². The highest BCUT2D eigenvalue weighted by Gasteiger charge is 2.31. The van der Waals surface area contributed by atoms with E-state index in [0.29, 0.717) is 0 Å². The highest BCUT2D eigenvalue weighted by atomic mass is 15.3. The number of hydrogen-bond acceptors (Lipinski definition) is 2. The predicted octanol–water partition coefficient (Wildman–Crippen LogP) is 2.99. The molecule has 0 fully saturated rings. The lowest BCUT2D eigenvalue weighted by Gasteiger charge is -2.45. The number of anilines is 1. The molecule has 1 aliphatic rings.